The van der Waals surface area contributed by atoms with E-state index in [0.29, 0.717) is 47.8 Å². The molecule has 2 amide bonds. The Morgan fingerprint density at radius 1 is 1.05 bits per heavy atom. The van der Waals surface area contributed by atoms with Crippen LogP contribution in [0.15, 0.2) is 54.6 Å². The normalized spacial score (nSPS) is 17.0. The Morgan fingerprint density at radius 2 is 1.75 bits per heavy atom. The molecule has 0 aliphatic carbocycles. The van der Waals surface area contributed by atoms with Crippen molar-refractivity contribution in [3.05, 3.63) is 60.2 Å². The van der Waals surface area contributed by atoms with Crippen molar-refractivity contribution < 1.29 is 14.3 Å². The summed E-state index contributed by atoms with van der Waals surface area (Å²) < 4.78 is 7.88. The first-order chi connectivity index (χ1) is 19.4. The van der Waals surface area contributed by atoms with Gasteiger partial charge >= 0.3 is 0 Å². The zero-order chi connectivity index (χ0) is 28.1. The highest BCUT2D eigenvalue weighted by Crippen LogP contribution is 2.40. The lowest BCUT2D eigenvalue weighted by atomic mass is 9.87. The highest BCUT2D eigenvalue weighted by Gasteiger charge is 2.35. The van der Waals surface area contributed by atoms with Gasteiger partial charge in [0.25, 0.3) is 11.8 Å². The van der Waals surface area contributed by atoms with Crippen molar-refractivity contribution in [3.63, 3.8) is 0 Å². The van der Waals surface area contributed by atoms with Crippen molar-refractivity contribution in [1.82, 2.24) is 14.7 Å². The average Bonchev–Trinajstić information content (AvgIpc) is 3.36. The number of nitrogens with zero attached hydrogens (tertiary/aromatic N) is 3. The molecule has 40 heavy (non-hydrogen) atoms. The van der Waals surface area contributed by atoms with Crippen molar-refractivity contribution in [2.24, 2.45) is 17.6 Å². The van der Waals surface area contributed by atoms with Crippen molar-refractivity contribution in [2.75, 3.05) is 25.0 Å². The van der Waals surface area contributed by atoms with Crippen LogP contribution in [0, 0.1) is 23.7 Å². The van der Waals surface area contributed by atoms with Crippen LogP contribution in [0.2, 0.25) is 0 Å². The molecule has 2 aromatic carbocycles. The van der Waals surface area contributed by atoms with Gasteiger partial charge in [-0.2, -0.15) is 5.10 Å². The molecule has 0 radical (unpaired) electrons. The quantitative estimate of drug-likeness (QED) is 0.387. The number of anilines is 1. The van der Waals surface area contributed by atoms with E-state index < -0.39 is 5.91 Å². The summed E-state index contributed by atoms with van der Waals surface area (Å²) in [6, 6.07) is 17.3. The third-order valence-corrected chi connectivity index (χ3v) is 7.72. The van der Waals surface area contributed by atoms with Gasteiger partial charge in [-0.25, -0.2) is 4.68 Å². The van der Waals surface area contributed by atoms with Crippen molar-refractivity contribution in [3.8, 4) is 34.6 Å². The lowest BCUT2D eigenvalue weighted by molar-refractivity contribution is -0.126. The Balaban J connectivity index is 1.31. The summed E-state index contributed by atoms with van der Waals surface area (Å²) in [6.07, 6.45) is 4.39. The Morgan fingerprint density at radius 3 is 2.42 bits per heavy atom. The molecule has 5 rings (SSSR count). The number of para-hydroxylation sites is 1. The first-order valence-electron chi connectivity index (χ1n) is 14.2. The van der Waals surface area contributed by atoms with Gasteiger partial charge in [0, 0.05) is 31.6 Å². The predicted molar refractivity (Wildman–Crippen MR) is 156 cm³/mol. The molecule has 0 bridgehead atoms. The number of aromatic nitrogens is 2. The molecule has 1 saturated heterocycles. The lowest BCUT2D eigenvalue weighted by Gasteiger charge is -2.37. The van der Waals surface area contributed by atoms with E-state index in [2.05, 4.69) is 31.0 Å². The largest absolute Gasteiger partial charge is 0.457 e. The average molecular weight is 540 g/mol. The number of amides is 2. The standard InChI is InChI=1S/C32H37N5O3/c1-22(2)8-6-7-11-28(38)36-20-17-23(18-21-36)27-16-19-34-32-29(31(33)39)30(35-37(27)32)24-12-14-26(15-13-24)40-25-9-4-3-5-10-25/h3-5,9-10,12-15,22-23,27,34H,6,8,16-21H2,1-2H3,(H2,33,39). The molecule has 1 unspecified atom stereocenters. The van der Waals surface area contributed by atoms with Gasteiger partial charge in [0.2, 0.25) is 0 Å². The zero-order valence-corrected chi connectivity index (χ0v) is 23.2. The molecule has 0 spiro atoms. The van der Waals surface area contributed by atoms with Crippen LogP contribution in [0.1, 0.15) is 62.4 Å². The molecule has 1 atom stereocenters. The number of hydrogen-bond acceptors (Lipinski definition) is 5. The Labute approximate surface area is 235 Å². The maximum atomic E-state index is 12.6. The highest BCUT2D eigenvalue weighted by atomic mass is 16.5. The number of carbonyl (C=O) groups excluding carboxylic acids is 2. The highest BCUT2D eigenvalue weighted by molar-refractivity contribution is 6.03. The maximum absolute atomic E-state index is 12.6. The van der Waals surface area contributed by atoms with Crippen LogP contribution in [0.4, 0.5) is 5.82 Å². The molecule has 0 saturated carbocycles. The number of benzene rings is 2. The van der Waals surface area contributed by atoms with Crippen molar-refractivity contribution >= 4 is 17.6 Å². The number of likely N-dealkylation sites (tertiary alicyclic amines) is 1. The number of piperidine rings is 1. The van der Waals surface area contributed by atoms with E-state index in [1.807, 2.05) is 64.2 Å². The van der Waals surface area contributed by atoms with Gasteiger partial charge in [-0.3, -0.25) is 9.59 Å². The van der Waals surface area contributed by atoms with Crippen LogP contribution in [-0.4, -0.2) is 46.1 Å². The number of hydrogen-bond donors (Lipinski definition) is 2. The van der Waals surface area contributed by atoms with Gasteiger partial charge in [0.05, 0.1) is 6.04 Å². The second-order valence-corrected chi connectivity index (χ2v) is 11.0. The minimum Gasteiger partial charge on any atom is -0.457 e. The summed E-state index contributed by atoms with van der Waals surface area (Å²) in [5, 5.41) is 8.31. The topological polar surface area (TPSA) is 102 Å². The number of nitrogens with one attached hydrogen (secondary N) is 1. The van der Waals surface area contributed by atoms with Crippen LogP contribution in [-0.2, 0) is 4.79 Å². The van der Waals surface area contributed by atoms with Crippen LogP contribution in [0.5, 0.6) is 11.5 Å². The van der Waals surface area contributed by atoms with E-state index in [4.69, 9.17) is 15.6 Å². The first-order valence-corrected chi connectivity index (χ1v) is 14.2. The SMILES string of the molecule is CC(C)CCC#CC(=O)N1CCC(C2CCNc3c(C(N)=O)c(-c4ccc(Oc5ccccc5)cc4)nn32)CC1. The summed E-state index contributed by atoms with van der Waals surface area (Å²) in [7, 11) is 0. The summed E-state index contributed by atoms with van der Waals surface area (Å²) >= 11 is 0. The molecule has 1 aromatic heterocycles. The van der Waals surface area contributed by atoms with E-state index in [1.165, 1.54) is 0 Å². The van der Waals surface area contributed by atoms with E-state index in [-0.39, 0.29) is 11.9 Å². The molecular formula is C32H37N5O3. The van der Waals surface area contributed by atoms with Crippen LogP contribution in [0.25, 0.3) is 11.3 Å². The second-order valence-electron chi connectivity index (χ2n) is 11.0. The van der Waals surface area contributed by atoms with Crippen LogP contribution < -0.4 is 15.8 Å². The third-order valence-electron chi connectivity index (χ3n) is 7.72. The minimum absolute atomic E-state index is 0.0784. The molecular weight excluding hydrogens is 502 g/mol. The van der Waals surface area contributed by atoms with Crippen molar-refractivity contribution in [2.45, 2.75) is 52.0 Å². The van der Waals surface area contributed by atoms with Crippen molar-refractivity contribution in [1.29, 1.82) is 0 Å². The van der Waals surface area contributed by atoms with Gasteiger partial charge < -0.3 is 20.7 Å². The van der Waals surface area contributed by atoms with E-state index in [9.17, 15) is 9.59 Å². The molecule has 208 valence electrons. The second kappa shape index (κ2) is 12.3. The van der Waals surface area contributed by atoms with Crippen LogP contribution >= 0.6 is 0 Å². The minimum atomic E-state index is -0.509. The molecule has 3 N–H and O–H groups in total. The Bertz CT molecular complexity index is 1390. The molecule has 2 aliphatic heterocycles. The number of carbonyl (C=O) groups is 2. The Hall–Kier alpha value is -4.25. The summed E-state index contributed by atoms with van der Waals surface area (Å²) in [5.74, 6) is 8.33. The lowest BCUT2D eigenvalue weighted by Crippen LogP contribution is -2.41. The number of ether oxygens (including phenoxy) is 1. The molecule has 2 aliphatic rings. The molecule has 3 aromatic rings. The van der Waals surface area contributed by atoms with E-state index in [1.54, 1.807) is 0 Å². The number of fused-ring (bicyclic) bond motifs is 1. The summed E-state index contributed by atoms with van der Waals surface area (Å²) in [4.78, 5) is 27.1. The summed E-state index contributed by atoms with van der Waals surface area (Å²) in [6.45, 7) is 6.42. The number of primary amides is 1. The number of nitrogens with two attached hydrogens (primary N) is 1. The monoisotopic (exact) mass is 539 g/mol. The fourth-order valence-electron chi connectivity index (χ4n) is 5.55. The van der Waals surface area contributed by atoms with E-state index in [0.717, 1.165) is 50.0 Å². The van der Waals surface area contributed by atoms with Gasteiger partial charge in [0.1, 0.15) is 28.6 Å². The summed E-state index contributed by atoms with van der Waals surface area (Å²) in [5.41, 5.74) is 7.65. The fourth-order valence-corrected chi connectivity index (χ4v) is 5.55. The maximum Gasteiger partial charge on any atom is 0.298 e. The van der Waals surface area contributed by atoms with Gasteiger partial charge in [-0.05, 0) is 79.8 Å². The predicted octanol–water partition coefficient (Wildman–Crippen LogP) is 5.48. The first kappa shape index (κ1) is 27.3. The smallest absolute Gasteiger partial charge is 0.298 e. The van der Waals surface area contributed by atoms with Gasteiger partial charge in [0.15, 0.2) is 0 Å². The zero-order valence-electron chi connectivity index (χ0n) is 23.2. The third kappa shape index (κ3) is 6.15. The molecule has 3 heterocycles. The fraction of sp³-hybridized carbons (Fsp3) is 0.406. The Kier molecular flexibility index (Phi) is 8.40. The molecule has 1 fully saturated rings. The van der Waals surface area contributed by atoms with Gasteiger partial charge in [-0.1, -0.05) is 38.0 Å². The van der Waals surface area contributed by atoms with Crippen LogP contribution in [0.3, 0.4) is 0 Å². The molecule has 8 heteroatoms. The molecule has 8 nitrogen and oxygen atoms in total. The van der Waals surface area contributed by atoms with E-state index >= 15 is 0 Å². The number of rotatable bonds is 7. The van der Waals surface area contributed by atoms with Gasteiger partial charge in [-0.15, -0.1) is 0 Å².